The molecule has 2 unspecified atom stereocenters. The van der Waals surface area contributed by atoms with Crippen LogP contribution in [0.15, 0.2) is 24.4 Å². The van der Waals surface area contributed by atoms with Crippen LogP contribution in [0.1, 0.15) is 46.2 Å². The van der Waals surface area contributed by atoms with Gasteiger partial charge in [0.15, 0.2) is 0 Å². The number of hydrogen-bond donors (Lipinski definition) is 1. The zero-order chi connectivity index (χ0) is 14.1. The summed E-state index contributed by atoms with van der Waals surface area (Å²) in [5.41, 5.74) is 7.34. The number of rotatable bonds is 4. The van der Waals surface area contributed by atoms with Crippen molar-refractivity contribution in [3.05, 3.63) is 30.1 Å². The van der Waals surface area contributed by atoms with Gasteiger partial charge in [-0.1, -0.05) is 6.07 Å². The maximum atomic E-state index is 6.42. The second-order valence-corrected chi connectivity index (χ2v) is 6.80. The molecular formula is C16H26N2O. The van der Waals surface area contributed by atoms with E-state index in [1.165, 1.54) is 0 Å². The number of hydrogen-bond acceptors (Lipinski definition) is 3. The van der Waals surface area contributed by atoms with Gasteiger partial charge in [0.1, 0.15) is 0 Å². The number of pyridine rings is 1. The summed E-state index contributed by atoms with van der Waals surface area (Å²) >= 11 is 0. The van der Waals surface area contributed by atoms with Crippen molar-refractivity contribution in [3.63, 3.8) is 0 Å². The second-order valence-electron chi connectivity index (χ2n) is 6.80. The second kappa shape index (κ2) is 5.22. The highest BCUT2D eigenvalue weighted by molar-refractivity contribution is 5.05. The SMILES string of the molecule is CC1(C)CC(C(N)CCc2ccccn2)C(C)(C)O1. The third-order valence-electron chi connectivity index (χ3n) is 4.12. The molecule has 2 rings (SSSR count). The van der Waals surface area contributed by atoms with Crippen LogP contribution in [0.25, 0.3) is 0 Å². The molecule has 0 aromatic carbocycles. The van der Waals surface area contributed by atoms with Gasteiger partial charge in [0, 0.05) is 23.9 Å². The molecule has 2 heterocycles. The van der Waals surface area contributed by atoms with E-state index < -0.39 is 0 Å². The van der Waals surface area contributed by atoms with Crippen molar-refractivity contribution >= 4 is 0 Å². The first-order valence-corrected chi connectivity index (χ1v) is 7.16. The van der Waals surface area contributed by atoms with Crippen LogP contribution in [0.2, 0.25) is 0 Å². The van der Waals surface area contributed by atoms with Crippen molar-refractivity contribution in [3.8, 4) is 0 Å². The molecule has 3 nitrogen and oxygen atoms in total. The van der Waals surface area contributed by atoms with Crippen LogP contribution in [0.4, 0.5) is 0 Å². The minimum absolute atomic E-state index is 0.0587. The van der Waals surface area contributed by atoms with Gasteiger partial charge in [-0.05, 0) is 59.1 Å². The van der Waals surface area contributed by atoms with Crippen LogP contribution < -0.4 is 5.73 Å². The van der Waals surface area contributed by atoms with E-state index in [9.17, 15) is 0 Å². The Balaban J connectivity index is 1.95. The molecule has 0 radical (unpaired) electrons. The lowest BCUT2D eigenvalue weighted by molar-refractivity contribution is -0.0767. The fourth-order valence-electron chi connectivity index (χ4n) is 3.33. The van der Waals surface area contributed by atoms with Gasteiger partial charge >= 0.3 is 0 Å². The predicted octanol–water partition coefficient (Wildman–Crippen LogP) is 2.94. The third-order valence-corrected chi connectivity index (χ3v) is 4.12. The van der Waals surface area contributed by atoms with Crippen molar-refractivity contribution in [2.75, 3.05) is 0 Å². The molecule has 1 fully saturated rings. The lowest BCUT2D eigenvalue weighted by Crippen LogP contribution is -2.41. The fourth-order valence-corrected chi connectivity index (χ4v) is 3.33. The summed E-state index contributed by atoms with van der Waals surface area (Å²) in [6, 6.07) is 6.20. The summed E-state index contributed by atoms with van der Waals surface area (Å²) in [6.07, 6.45) is 4.77. The molecule has 1 aliphatic heterocycles. The topological polar surface area (TPSA) is 48.1 Å². The standard InChI is InChI=1S/C16H26N2O/c1-15(2)11-13(16(3,4)19-15)14(17)9-8-12-7-5-6-10-18-12/h5-7,10,13-14H,8-9,11,17H2,1-4H3. The highest BCUT2D eigenvalue weighted by atomic mass is 16.5. The van der Waals surface area contributed by atoms with Crippen LogP contribution in [-0.2, 0) is 11.2 Å². The van der Waals surface area contributed by atoms with E-state index in [1.54, 1.807) is 0 Å². The van der Waals surface area contributed by atoms with Crippen molar-refractivity contribution in [1.82, 2.24) is 4.98 Å². The molecule has 1 aromatic rings. The molecule has 2 atom stereocenters. The van der Waals surface area contributed by atoms with Gasteiger partial charge in [-0.2, -0.15) is 0 Å². The molecule has 1 aliphatic rings. The summed E-state index contributed by atoms with van der Waals surface area (Å²) in [4.78, 5) is 4.36. The Hall–Kier alpha value is -0.930. The maximum absolute atomic E-state index is 6.42. The van der Waals surface area contributed by atoms with Gasteiger partial charge in [-0.15, -0.1) is 0 Å². The quantitative estimate of drug-likeness (QED) is 0.907. The number of ether oxygens (including phenoxy) is 1. The van der Waals surface area contributed by atoms with E-state index in [0.717, 1.165) is 25.0 Å². The van der Waals surface area contributed by atoms with Crippen LogP contribution in [0, 0.1) is 5.92 Å². The maximum Gasteiger partial charge on any atom is 0.0677 e. The molecule has 106 valence electrons. The molecule has 0 aliphatic carbocycles. The van der Waals surface area contributed by atoms with Gasteiger partial charge in [0.2, 0.25) is 0 Å². The minimum Gasteiger partial charge on any atom is -0.369 e. The van der Waals surface area contributed by atoms with Crippen LogP contribution in [-0.4, -0.2) is 22.2 Å². The lowest BCUT2D eigenvalue weighted by atomic mass is 9.80. The summed E-state index contributed by atoms with van der Waals surface area (Å²) in [5, 5.41) is 0. The van der Waals surface area contributed by atoms with E-state index in [0.29, 0.717) is 5.92 Å². The summed E-state index contributed by atoms with van der Waals surface area (Å²) in [5.74, 6) is 0.409. The van der Waals surface area contributed by atoms with Crippen molar-refractivity contribution in [2.45, 2.75) is 64.2 Å². The van der Waals surface area contributed by atoms with E-state index in [2.05, 4.69) is 38.7 Å². The van der Waals surface area contributed by atoms with Crippen LogP contribution in [0.5, 0.6) is 0 Å². The van der Waals surface area contributed by atoms with E-state index in [-0.39, 0.29) is 17.2 Å². The first-order valence-electron chi connectivity index (χ1n) is 7.16. The first kappa shape index (κ1) is 14.5. The number of nitrogens with two attached hydrogens (primary N) is 1. The van der Waals surface area contributed by atoms with E-state index in [1.807, 2.05) is 18.3 Å². The molecule has 2 N–H and O–H groups in total. The number of aromatic nitrogens is 1. The summed E-state index contributed by atoms with van der Waals surface area (Å²) in [6.45, 7) is 8.63. The normalized spacial score (nSPS) is 26.3. The molecule has 0 saturated carbocycles. The largest absolute Gasteiger partial charge is 0.369 e. The van der Waals surface area contributed by atoms with Crippen molar-refractivity contribution < 1.29 is 4.74 Å². The predicted molar refractivity (Wildman–Crippen MR) is 77.9 cm³/mol. The summed E-state index contributed by atoms with van der Waals surface area (Å²) in [7, 11) is 0. The molecule has 19 heavy (non-hydrogen) atoms. The molecule has 0 bridgehead atoms. The van der Waals surface area contributed by atoms with Gasteiger partial charge < -0.3 is 10.5 Å². The van der Waals surface area contributed by atoms with Crippen molar-refractivity contribution in [2.24, 2.45) is 11.7 Å². The molecule has 0 amide bonds. The Labute approximate surface area is 116 Å². The lowest BCUT2D eigenvalue weighted by Gasteiger charge is -2.31. The Kier molecular flexibility index (Phi) is 3.98. The Morgan fingerprint density at radius 1 is 1.37 bits per heavy atom. The molecule has 1 saturated heterocycles. The molecule has 0 spiro atoms. The van der Waals surface area contributed by atoms with Crippen LogP contribution >= 0.6 is 0 Å². The third kappa shape index (κ3) is 3.54. The summed E-state index contributed by atoms with van der Waals surface area (Å²) < 4.78 is 6.13. The minimum atomic E-state index is -0.132. The number of nitrogens with zero attached hydrogens (tertiary/aromatic N) is 1. The van der Waals surface area contributed by atoms with Gasteiger partial charge in [0.05, 0.1) is 11.2 Å². The van der Waals surface area contributed by atoms with Gasteiger partial charge in [-0.25, -0.2) is 0 Å². The fraction of sp³-hybridized carbons (Fsp3) is 0.688. The number of aryl methyl sites for hydroxylation is 1. The zero-order valence-corrected chi connectivity index (χ0v) is 12.5. The molecule has 1 aromatic heterocycles. The van der Waals surface area contributed by atoms with Gasteiger partial charge in [0.25, 0.3) is 0 Å². The van der Waals surface area contributed by atoms with Crippen LogP contribution in [0.3, 0.4) is 0 Å². The van der Waals surface area contributed by atoms with Crippen molar-refractivity contribution in [1.29, 1.82) is 0 Å². The molecular weight excluding hydrogens is 236 g/mol. The van der Waals surface area contributed by atoms with E-state index >= 15 is 0 Å². The highest BCUT2D eigenvalue weighted by Gasteiger charge is 2.47. The average molecular weight is 262 g/mol. The molecule has 3 heteroatoms. The Bertz CT molecular complexity index is 414. The van der Waals surface area contributed by atoms with E-state index in [4.69, 9.17) is 10.5 Å². The monoisotopic (exact) mass is 262 g/mol. The Morgan fingerprint density at radius 3 is 2.63 bits per heavy atom. The average Bonchev–Trinajstić information content (AvgIpc) is 2.56. The van der Waals surface area contributed by atoms with Gasteiger partial charge in [-0.3, -0.25) is 4.98 Å². The highest BCUT2D eigenvalue weighted by Crippen LogP contribution is 2.43. The smallest absolute Gasteiger partial charge is 0.0677 e. The zero-order valence-electron chi connectivity index (χ0n) is 12.5. The Morgan fingerprint density at radius 2 is 2.11 bits per heavy atom. The first-order chi connectivity index (χ1) is 8.80.